The fourth-order valence-electron chi connectivity index (χ4n) is 1.54. The lowest BCUT2D eigenvalue weighted by atomic mass is 10.3. The summed E-state index contributed by atoms with van der Waals surface area (Å²) in [5.74, 6) is 0.532. The first-order valence-corrected chi connectivity index (χ1v) is 5.81. The number of carbonyl (C=O) groups excluding carboxylic acids is 1. The third kappa shape index (κ3) is 3.15. The highest BCUT2D eigenvalue weighted by Gasteiger charge is 2.14. The van der Waals surface area contributed by atoms with Gasteiger partial charge in [-0.15, -0.1) is 0 Å². The van der Waals surface area contributed by atoms with Crippen molar-refractivity contribution in [3.05, 3.63) is 17.5 Å². The normalized spacial score (nSPS) is 10.2. The molecule has 0 unspecified atom stereocenters. The van der Waals surface area contributed by atoms with Gasteiger partial charge in [-0.05, 0) is 26.8 Å². The predicted octanol–water partition coefficient (Wildman–Crippen LogP) is 1.33. The largest absolute Gasteiger partial charge is 0.343 e. The maximum Gasteiger partial charge on any atom is 0.272 e. The quantitative estimate of drug-likeness (QED) is 0.791. The Bertz CT molecular complexity index is 399. The van der Waals surface area contributed by atoms with Crippen LogP contribution in [0.1, 0.15) is 30.0 Å². The summed E-state index contributed by atoms with van der Waals surface area (Å²) < 4.78 is 0. The smallest absolute Gasteiger partial charge is 0.272 e. The van der Waals surface area contributed by atoms with Crippen LogP contribution in [0.2, 0.25) is 0 Å². The maximum atomic E-state index is 11.9. The van der Waals surface area contributed by atoms with Crippen molar-refractivity contribution in [2.45, 2.75) is 20.8 Å². The molecule has 0 aliphatic carbocycles. The highest BCUT2D eigenvalue weighted by atomic mass is 16.2. The first kappa shape index (κ1) is 13.4. The van der Waals surface area contributed by atoms with Gasteiger partial charge in [0.15, 0.2) is 0 Å². The minimum absolute atomic E-state index is 0.0936. The topological polar surface area (TPSA) is 49.3 Å². The number of aromatic nitrogens is 2. The fraction of sp³-hybridized carbons (Fsp3) is 0.583. The van der Waals surface area contributed by atoms with Crippen LogP contribution in [-0.2, 0) is 0 Å². The first-order chi connectivity index (χ1) is 7.99. The fourth-order valence-corrected chi connectivity index (χ4v) is 1.54. The molecule has 1 rings (SSSR count). The van der Waals surface area contributed by atoms with E-state index in [1.807, 2.05) is 25.7 Å². The molecule has 0 aliphatic rings. The van der Waals surface area contributed by atoms with Gasteiger partial charge >= 0.3 is 0 Å². The average molecular weight is 236 g/mol. The second kappa shape index (κ2) is 5.61. The third-order valence-corrected chi connectivity index (χ3v) is 2.51. The molecule has 0 saturated heterocycles. The standard InChI is InChI=1S/C12H20N4O/c1-6-16(7-2)12-13-9(3)8-10(14-12)11(17)15(4)5/h8H,6-7H2,1-5H3. The van der Waals surface area contributed by atoms with E-state index in [-0.39, 0.29) is 5.91 Å². The lowest BCUT2D eigenvalue weighted by Gasteiger charge is -2.20. The van der Waals surface area contributed by atoms with Crippen LogP contribution in [-0.4, -0.2) is 48.0 Å². The highest BCUT2D eigenvalue weighted by molar-refractivity contribution is 5.92. The predicted molar refractivity (Wildman–Crippen MR) is 68.3 cm³/mol. The molecule has 17 heavy (non-hydrogen) atoms. The van der Waals surface area contributed by atoms with Gasteiger partial charge in [-0.2, -0.15) is 0 Å². The van der Waals surface area contributed by atoms with Crippen molar-refractivity contribution in [1.29, 1.82) is 0 Å². The molecule has 1 aromatic rings. The van der Waals surface area contributed by atoms with Crippen molar-refractivity contribution < 1.29 is 4.79 Å². The molecule has 5 heteroatoms. The van der Waals surface area contributed by atoms with E-state index in [9.17, 15) is 4.79 Å². The minimum Gasteiger partial charge on any atom is -0.343 e. The molecule has 1 heterocycles. The Hall–Kier alpha value is -1.65. The van der Waals surface area contributed by atoms with E-state index in [0.717, 1.165) is 18.8 Å². The zero-order valence-electron chi connectivity index (χ0n) is 11.2. The van der Waals surface area contributed by atoms with Crippen molar-refractivity contribution in [3.63, 3.8) is 0 Å². The summed E-state index contributed by atoms with van der Waals surface area (Å²) in [6.45, 7) is 7.62. The molecule has 5 nitrogen and oxygen atoms in total. The van der Waals surface area contributed by atoms with Gasteiger partial charge in [-0.25, -0.2) is 9.97 Å². The van der Waals surface area contributed by atoms with Crippen LogP contribution >= 0.6 is 0 Å². The summed E-state index contributed by atoms with van der Waals surface area (Å²) >= 11 is 0. The molecule has 1 amide bonds. The number of aryl methyl sites for hydroxylation is 1. The van der Waals surface area contributed by atoms with Gasteiger partial charge in [0.25, 0.3) is 5.91 Å². The van der Waals surface area contributed by atoms with Crippen molar-refractivity contribution in [2.24, 2.45) is 0 Å². The highest BCUT2D eigenvalue weighted by Crippen LogP contribution is 2.11. The van der Waals surface area contributed by atoms with Crippen molar-refractivity contribution >= 4 is 11.9 Å². The molecular formula is C12H20N4O. The summed E-state index contributed by atoms with van der Waals surface area (Å²) in [7, 11) is 3.44. The van der Waals surface area contributed by atoms with E-state index in [2.05, 4.69) is 9.97 Å². The molecule has 0 radical (unpaired) electrons. The summed E-state index contributed by atoms with van der Waals surface area (Å²) in [5, 5.41) is 0. The first-order valence-electron chi connectivity index (χ1n) is 5.81. The Morgan fingerprint density at radius 2 is 1.82 bits per heavy atom. The van der Waals surface area contributed by atoms with Gasteiger partial charge in [0.05, 0.1) is 0 Å². The number of hydrogen-bond acceptors (Lipinski definition) is 4. The Labute approximate surface area is 102 Å². The third-order valence-electron chi connectivity index (χ3n) is 2.51. The van der Waals surface area contributed by atoms with Gasteiger partial charge in [-0.1, -0.05) is 0 Å². The van der Waals surface area contributed by atoms with Gasteiger partial charge in [0.1, 0.15) is 5.69 Å². The summed E-state index contributed by atoms with van der Waals surface area (Å²) in [6, 6.07) is 1.72. The Kier molecular flexibility index (Phi) is 4.43. The van der Waals surface area contributed by atoms with E-state index < -0.39 is 0 Å². The lowest BCUT2D eigenvalue weighted by molar-refractivity contribution is 0.0821. The van der Waals surface area contributed by atoms with Crippen molar-refractivity contribution in [3.8, 4) is 0 Å². The summed E-state index contributed by atoms with van der Waals surface area (Å²) in [6.07, 6.45) is 0. The van der Waals surface area contributed by atoms with Crippen LogP contribution in [0.5, 0.6) is 0 Å². The maximum absolute atomic E-state index is 11.9. The summed E-state index contributed by atoms with van der Waals surface area (Å²) in [4.78, 5) is 24.1. The molecule has 0 fully saturated rings. The molecule has 0 atom stereocenters. The van der Waals surface area contributed by atoms with Crippen LogP contribution in [0.4, 0.5) is 5.95 Å². The van der Waals surface area contributed by atoms with E-state index >= 15 is 0 Å². The Morgan fingerprint density at radius 3 is 2.29 bits per heavy atom. The van der Waals surface area contributed by atoms with E-state index in [4.69, 9.17) is 0 Å². The monoisotopic (exact) mass is 236 g/mol. The molecule has 1 aromatic heterocycles. The van der Waals surface area contributed by atoms with E-state index in [0.29, 0.717) is 11.6 Å². The van der Waals surface area contributed by atoms with E-state index in [1.54, 1.807) is 20.2 Å². The molecule has 0 spiro atoms. The molecule has 0 aliphatic heterocycles. The number of rotatable bonds is 4. The SMILES string of the molecule is CCN(CC)c1nc(C)cc(C(=O)N(C)C)n1. The van der Waals surface area contributed by atoms with Crippen LogP contribution in [0.15, 0.2) is 6.07 Å². The molecule has 0 aromatic carbocycles. The van der Waals surface area contributed by atoms with Crippen molar-refractivity contribution in [2.75, 3.05) is 32.1 Å². The van der Waals surface area contributed by atoms with Crippen LogP contribution in [0.25, 0.3) is 0 Å². The number of carbonyl (C=O) groups is 1. The zero-order valence-corrected chi connectivity index (χ0v) is 11.2. The van der Waals surface area contributed by atoms with E-state index in [1.165, 1.54) is 4.90 Å². The minimum atomic E-state index is -0.0936. The van der Waals surface area contributed by atoms with Crippen LogP contribution < -0.4 is 4.90 Å². The average Bonchev–Trinajstić information content (AvgIpc) is 2.28. The zero-order chi connectivity index (χ0) is 13.0. The van der Waals surface area contributed by atoms with Gasteiger partial charge in [-0.3, -0.25) is 4.79 Å². The van der Waals surface area contributed by atoms with Gasteiger partial charge < -0.3 is 9.80 Å². The molecule has 0 bridgehead atoms. The number of hydrogen-bond donors (Lipinski definition) is 0. The summed E-state index contributed by atoms with van der Waals surface area (Å²) in [5.41, 5.74) is 1.26. The number of anilines is 1. The second-order valence-corrected chi connectivity index (χ2v) is 4.07. The Balaban J connectivity index is 3.14. The molecule has 0 saturated carbocycles. The molecular weight excluding hydrogens is 216 g/mol. The number of nitrogens with zero attached hydrogens (tertiary/aromatic N) is 4. The van der Waals surface area contributed by atoms with Crippen LogP contribution in [0.3, 0.4) is 0 Å². The van der Waals surface area contributed by atoms with Crippen molar-refractivity contribution in [1.82, 2.24) is 14.9 Å². The Morgan fingerprint density at radius 1 is 1.24 bits per heavy atom. The molecule has 94 valence electrons. The number of amides is 1. The van der Waals surface area contributed by atoms with Gasteiger partial charge in [0, 0.05) is 32.9 Å². The lowest BCUT2D eigenvalue weighted by Crippen LogP contribution is -2.27. The second-order valence-electron chi connectivity index (χ2n) is 4.07. The van der Waals surface area contributed by atoms with Gasteiger partial charge in [0.2, 0.25) is 5.95 Å². The molecule has 0 N–H and O–H groups in total. The van der Waals surface area contributed by atoms with Crippen LogP contribution in [0, 0.1) is 6.92 Å².